The van der Waals surface area contributed by atoms with E-state index in [2.05, 4.69) is 20.9 Å². The van der Waals surface area contributed by atoms with Crippen LogP contribution in [0.1, 0.15) is 53.0 Å². The van der Waals surface area contributed by atoms with Gasteiger partial charge in [-0.25, -0.2) is 8.42 Å². The first-order valence-electron chi connectivity index (χ1n) is 10.3. The topological polar surface area (TPSA) is 100.0 Å². The first-order chi connectivity index (χ1) is 14.0. The van der Waals surface area contributed by atoms with E-state index in [0.29, 0.717) is 18.4 Å². The maximum atomic E-state index is 13.4. The van der Waals surface area contributed by atoms with Crippen molar-refractivity contribution in [2.24, 2.45) is 10.2 Å². The van der Waals surface area contributed by atoms with Gasteiger partial charge in [-0.1, -0.05) is 19.1 Å². The third kappa shape index (κ3) is 2.92. The lowest BCUT2D eigenvalue weighted by atomic mass is 9.62. The van der Waals surface area contributed by atoms with Crippen LogP contribution in [-0.2, 0) is 20.0 Å². The summed E-state index contributed by atoms with van der Waals surface area (Å²) >= 11 is 0. The molecule has 0 aromatic heterocycles. The highest BCUT2D eigenvalue weighted by Crippen LogP contribution is 2.51. The van der Waals surface area contributed by atoms with Gasteiger partial charge in [-0.05, 0) is 51.8 Å². The molecule has 1 aromatic carbocycles. The van der Waals surface area contributed by atoms with Crippen molar-refractivity contribution in [1.82, 2.24) is 10.6 Å². The van der Waals surface area contributed by atoms with Crippen molar-refractivity contribution in [3.8, 4) is 0 Å². The molecule has 30 heavy (non-hydrogen) atoms. The molecule has 0 spiro atoms. The van der Waals surface area contributed by atoms with Crippen molar-refractivity contribution in [2.75, 3.05) is 0 Å². The molecule has 4 rings (SSSR count). The van der Waals surface area contributed by atoms with Gasteiger partial charge in [0.1, 0.15) is 0 Å². The Balaban J connectivity index is 1.99. The van der Waals surface area contributed by atoms with Crippen LogP contribution >= 0.6 is 0 Å². The zero-order chi connectivity index (χ0) is 21.9. The number of fused-ring (bicyclic) bond motifs is 1. The monoisotopic (exact) mass is 428 g/mol. The number of hydrogen-bond acceptors (Lipinski definition) is 6. The number of rotatable bonds is 4. The van der Waals surface area contributed by atoms with Gasteiger partial charge in [-0.3, -0.25) is 4.79 Å². The van der Waals surface area contributed by atoms with Crippen LogP contribution in [0.25, 0.3) is 0 Å². The fraction of sp³-hybridized carbons (Fsp3) is 0.500. The molecule has 3 aliphatic rings. The van der Waals surface area contributed by atoms with Crippen molar-refractivity contribution in [2.45, 2.75) is 74.7 Å². The maximum Gasteiger partial charge on any atom is 0.250 e. The number of nitrogens with one attached hydrogen (secondary N) is 2. The quantitative estimate of drug-likeness (QED) is 0.768. The van der Waals surface area contributed by atoms with E-state index in [0.717, 1.165) is 16.8 Å². The van der Waals surface area contributed by atoms with E-state index in [4.69, 9.17) is 0 Å². The zero-order valence-electron chi connectivity index (χ0n) is 18.0. The average Bonchev–Trinajstić information content (AvgIpc) is 3.14. The molecule has 7 nitrogen and oxygen atoms in total. The predicted octanol–water partition coefficient (Wildman–Crippen LogP) is 3.35. The number of azo groups is 1. The predicted molar refractivity (Wildman–Crippen MR) is 114 cm³/mol. The lowest BCUT2D eigenvalue weighted by molar-refractivity contribution is -0.120. The van der Waals surface area contributed by atoms with Crippen LogP contribution in [0.15, 0.2) is 62.4 Å². The van der Waals surface area contributed by atoms with Crippen molar-refractivity contribution in [1.29, 1.82) is 0 Å². The van der Waals surface area contributed by atoms with Crippen molar-refractivity contribution in [3.63, 3.8) is 0 Å². The van der Waals surface area contributed by atoms with Gasteiger partial charge < -0.3 is 10.6 Å². The molecule has 2 unspecified atom stereocenters. The third-order valence-corrected chi connectivity index (χ3v) is 8.46. The minimum atomic E-state index is -3.46. The molecule has 0 saturated heterocycles. The molecule has 160 valence electrons. The Bertz CT molecular complexity index is 1110. The van der Waals surface area contributed by atoms with Crippen molar-refractivity contribution < 1.29 is 13.2 Å². The summed E-state index contributed by atoms with van der Waals surface area (Å²) in [6, 6.07) is 7.01. The highest BCUT2D eigenvalue weighted by Gasteiger charge is 2.53. The Morgan fingerprint density at radius 1 is 1.27 bits per heavy atom. The smallest absolute Gasteiger partial charge is 0.250 e. The van der Waals surface area contributed by atoms with Gasteiger partial charge in [0.2, 0.25) is 0 Å². The highest BCUT2D eigenvalue weighted by molar-refractivity contribution is 7.92. The van der Waals surface area contributed by atoms with E-state index >= 15 is 0 Å². The van der Waals surface area contributed by atoms with E-state index < -0.39 is 20.5 Å². The summed E-state index contributed by atoms with van der Waals surface area (Å²) in [5.74, 6) is -0.140. The van der Waals surface area contributed by atoms with Crippen LogP contribution in [0.5, 0.6) is 0 Å². The molecule has 0 saturated carbocycles. The normalized spacial score (nSPS) is 27.3. The van der Waals surface area contributed by atoms with Crippen LogP contribution < -0.4 is 10.6 Å². The van der Waals surface area contributed by atoms with Gasteiger partial charge in [0.25, 0.3) is 5.91 Å². The van der Waals surface area contributed by atoms with Gasteiger partial charge in [0.05, 0.1) is 27.3 Å². The van der Waals surface area contributed by atoms with Crippen LogP contribution in [0.2, 0.25) is 0 Å². The minimum absolute atomic E-state index is 0.140. The molecule has 8 heteroatoms. The van der Waals surface area contributed by atoms with E-state index in [1.54, 1.807) is 38.2 Å². The Morgan fingerprint density at radius 3 is 2.67 bits per heavy atom. The molecular formula is C22H28N4O3S. The second-order valence-electron chi connectivity index (χ2n) is 9.11. The summed E-state index contributed by atoms with van der Waals surface area (Å²) < 4.78 is 25.7. The molecule has 0 fully saturated rings. The number of amides is 1. The molecule has 3 aliphatic heterocycles. The molecule has 0 aliphatic carbocycles. The summed E-state index contributed by atoms with van der Waals surface area (Å²) in [4.78, 5) is 13.6. The van der Waals surface area contributed by atoms with Gasteiger partial charge in [0.15, 0.2) is 16.0 Å². The Morgan fingerprint density at radius 2 is 2.00 bits per heavy atom. The van der Waals surface area contributed by atoms with E-state index in [-0.39, 0.29) is 22.5 Å². The first kappa shape index (κ1) is 20.8. The Hall–Kier alpha value is -2.48. The maximum absolute atomic E-state index is 13.4. The van der Waals surface area contributed by atoms with Gasteiger partial charge >= 0.3 is 0 Å². The van der Waals surface area contributed by atoms with Crippen molar-refractivity contribution in [3.05, 3.63) is 52.9 Å². The molecule has 3 heterocycles. The second-order valence-corrected chi connectivity index (χ2v) is 11.6. The summed E-state index contributed by atoms with van der Waals surface area (Å²) in [7, 11) is -3.46. The molecular weight excluding hydrogens is 400 g/mol. The standard InChI is InChI=1S/C22H28N4O3S/c1-6-22(14-8-7-9-15(10-14)30(28,29)13(2)3)16-12-23-26-19(16)24-17-11-21(4,5)25-20(27)18(17)22/h7-10,12-13,19,24H,6,11H2,1-5H3,(H,25,27). The number of sulfone groups is 1. The zero-order valence-corrected chi connectivity index (χ0v) is 18.8. The number of nitrogens with zero attached hydrogens (tertiary/aromatic N) is 2. The second kappa shape index (κ2) is 6.77. The fourth-order valence-corrected chi connectivity index (χ4v) is 5.92. The summed E-state index contributed by atoms with van der Waals surface area (Å²) in [6.07, 6.45) is 2.58. The average molecular weight is 429 g/mol. The van der Waals surface area contributed by atoms with Crippen LogP contribution in [0.4, 0.5) is 0 Å². The van der Waals surface area contributed by atoms with Crippen LogP contribution in [-0.4, -0.2) is 31.3 Å². The van der Waals surface area contributed by atoms with Gasteiger partial charge in [-0.15, -0.1) is 0 Å². The summed E-state index contributed by atoms with van der Waals surface area (Å²) in [6.45, 7) is 9.34. The van der Waals surface area contributed by atoms with Crippen molar-refractivity contribution >= 4 is 15.7 Å². The van der Waals surface area contributed by atoms with E-state index in [9.17, 15) is 13.2 Å². The molecule has 1 amide bonds. The molecule has 2 atom stereocenters. The number of carbonyl (C=O) groups is 1. The largest absolute Gasteiger partial charge is 0.362 e. The Kier molecular flexibility index (Phi) is 4.69. The number of hydrogen-bond donors (Lipinski definition) is 2. The molecule has 1 aromatic rings. The van der Waals surface area contributed by atoms with E-state index in [1.807, 2.05) is 26.8 Å². The Labute approximate surface area is 177 Å². The third-order valence-electron chi connectivity index (χ3n) is 6.31. The first-order valence-corrected chi connectivity index (χ1v) is 11.8. The molecule has 0 radical (unpaired) electrons. The highest BCUT2D eigenvalue weighted by atomic mass is 32.2. The fourth-order valence-electron chi connectivity index (χ4n) is 4.82. The summed E-state index contributed by atoms with van der Waals surface area (Å²) in [5.41, 5.74) is 1.96. The van der Waals surface area contributed by atoms with Gasteiger partial charge in [0, 0.05) is 23.2 Å². The summed E-state index contributed by atoms with van der Waals surface area (Å²) in [5, 5.41) is 14.4. The van der Waals surface area contributed by atoms with E-state index in [1.165, 1.54) is 0 Å². The van der Waals surface area contributed by atoms with Crippen LogP contribution in [0, 0.1) is 0 Å². The van der Waals surface area contributed by atoms with Crippen LogP contribution in [0.3, 0.4) is 0 Å². The molecule has 0 bridgehead atoms. The SMILES string of the molecule is CCC1(c2cccc(S(=O)(=O)C(C)C)c2)C2=CN=NC2NC2=C1C(=O)NC(C)(C)C2. The molecule has 2 N–H and O–H groups in total. The van der Waals surface area contributed by atoms with Gasteiger partial charge in [-0.2, -0.15) is 10.2 Å². The number of benzene rings is 1. The lowest BCUT2D eigenvalue weighted by Gasteiger charge is -2.48. The number of carbonyl (C=O) groups excluding carboxylic acids is 1. The minimum Gasteiger partial charge on any atom is -0.362 e. The lowest BCUT2D eigenvalue weighted by Crippen LogP contribution is -2.58.